The second-order valence-corrected chi connectivity index (χ2v) is 15.4. The Morgan fingerprint density at radius 3 is 2.09 bits per heavy atom. The van der Waals surface area contributed by atoms with Crippen molar-refractivity contribution >= 4 is 49.8 Å². The number of allylic oxidation sites excluding steroid dienone is 2. The summed E-state index contributed by atoms with van der Waals surface area (Å²) in [5, 5.41) is 35.3. The zero-order valence-electron chi connectivity index (χ0n) is 27.7. The molecule has 0 radical (unpaired) electrons. The minimum absolute atomic E-state index is 0.0504. The molecule has 7 nitrogen and oxygen atoms in total. The van der Waals surface area contributed by atoms with Gasteiger partial charge >= 0.3 is 0 Å². The van der Waals surface area contributed by atoms with Crippen molar-refractivity contribution in [3.05, 3.63) is 82.6 Å². The van der Waals surface area contributed by atoms with E-state index in [0.29, 0.717) is 45.5 Å². The van der Waals surface area contributed by atoms with E-state index in [1.165, 1.54) is 6.42 Å². The zero-order chi connectivity index (χ0) is 32.8. The number of carbonyl (C=O) groups excluding carboxylic acids is 1. The number of hydrogen-bond acceptors (Lipinski definition) is 7. The van der Waals surface area contributed by atoms with Crippen LogP contribution < -0.4 is 26.9 Å². The van der Waals surface area contributed by atoms with Crippen LogP contribution in [0.1, 0.15) is 71.8 Å². The van der Waals surface area contributed by atoms with Crippen LogP contribution in [0.5, 0.6) is 5.75 Å². The molecule has 4 aromatic rings. The Kier molecular flexibility index (Phi) is 6.75. The second-order valence-electron chi connectivity index (χ2n) is 15.4. The number of aliphatic hydroxyl groups excluding tert-OH is 1. The van der Waals surface area contributed by atoms with Crippen LogP contribution in [0.2, 0.25) is 0 Å². The highest BCUT2D eigenvalue weighted by Gasteiger charge is 2.42. The van der Waals surface area contributed by atoms with E-state index in [0.717, 1.165) is 59.3 Å². The minimum atomic E-state index is -0.731. The molecular weight excluding hydrogens is 584 g/mol. The number of nitrogens with zero attached hydrogens (tertiary/aromatic N) is 1. The van der Waals surface area contributed by atoms with Crippen LogP contribution in [0.4, 0.5) is 11.4 Å². The van der Waals surface area contributed by atoms with Gasteiger partial charge in [0.05, 0.1) is 27.9 Å². The Hall–Kier alpha value is -4.36. The van der Waals surface area contributed by atoms with Crippen molar-refractivity contribution in [2.45, 2.75) is 77.5 Å². The maximum absolute atomic E-state index is 14.4. The number of Topliss-reactive ketones (excluding diaryl/α,β-unsaturated/α-hetero) is 1. The summed E-state index contributed by atoms with van der Waals surface area (Å²) in [4.78, 5) is 19.8. The van der Waals surface area contributed by atoms with Gasteiger partial charge in [-0.2, -0.15) is 0 Å². The molecule has 0 bridgehead atoms. The SMILES string of the molecule is CC1CC(C)CC(N)(Nc2c(C3=C(O)C(=c4ccc5cccc6c5c4=NC4(CC(C)CC(C)C4)N6)C3=O)ccc3cccc(O)c23)C1. The molecule has 0 aromatic heterocycles. The van der Waals surface area contributed by atoms with Crippen molar-refractivity contribution in [2.75, 3.05) is 10.6 Å². The maximum atomic E-state index is 14.4. The molecule has 1 spiro atoms. The molecule has 1 aliphatic heterocycles. The number of nitrogens with two attached hydrogens (primary N) is 1. The standard InChI is InChI=1S/C40H44N4O3/c1-21-15-22(2)18-39(41,17-21)43-36-28(14-12-26-8-6-10-30(45)32(26)36)34-37(46)33(38(34)47)27-13-11-25-7-5-9-29-31(25)35(27)44-40(42-29)19-23(3)16-24(4)20-40/h5-14,21-24,42-43,45-46H,15-20,41H2,1-4H3. The molecule has 0 amide bonds. The number of aromatic hydroxyl groups is 1. The number of phenolic OH excluding ortho intramolecular Hbond substituents is 1. The van der Waals surface area contributed by atoms with E-state index in [1.54, 1.807) is 12.1 Å². The molecule has 242 valence electrons. The van der Waals surface area contributed by atoms with E-state index in [9.17, 15) is 15.0 Å². The average molecular weight is 629 g/mol. The van der Waals surface area contributed by atoms with Crippen LogP contribution in [-0.4, -0.2) is 27.3 Å². The number of phenols is 1. The molecule has 7 heteroatoms. The zero-order valence-corrected chi connectivity index (χ0v) is 27.7. The van der Waals surface area contributed by atoms with Gasteiger partial charge in [-0.1, -0.05) is 76.2 Å². The Morgan fingerprint density at radius 2 is 1.40 bits per heavy atom. The van der Waals surface area contributed by atoms with Crippen molar-refractivity contribution in [1.29, 1.82) is 0 Å². The van der Waals surface area contributed by atoms with E-state index in [-0.39, 0.29) is 28.4 Å². The van der Waals surface area contributed by atoms with Gasteiger partial charge in [0, 0.05) is 27.2 Å². The van der Waals surface area contributed by atoms with Crippen molar-refractivity contribution < 1.29 is 15.0 Å². The first kappa shape index (κ1) is 30.0. The highest BCUT2D eigenvalue weighted by molar-refractivity contribution is 6.52. The van der Waals surface area contributed by atoms with Gasteiger partial charge in [-0.25, -0.2) is 0 Å². The topological polar surface area (TPSA) is 120 Å². The Balaban J connectivity index is 1.34. The van der Waals surface area contributed by atoms with Crippen molar-refractivity contribution in [3.8, 4) is 5.75 Å². The Bertz CT molecular complexity index is 2130. The fourth-order valence-electron chi connectivity index (χ4n) is 9.69. The summed E-state index contributed by atoms with van der Waals surface area (Å²) in [6, 6.07) is 19.3. The summed E-state index contributed by atoms with van der Waals surface area (Å²) in [7, 11) is 0. The molecule has 4 unspecified atom stereocenters. The van der Waals surface area contributed by atoms with Crippen LogP contribution in [0.15, 0.2) is 71.4 Å². The predicted octanol–water partition coefficient (Wildman–Crippen LogP) is 7.12. The number of fused-ring (bicyclic) bond motifs is 1. The molecule has 6 N–H and O–H groups in total. The Labute approximate surface area is 275 Å². The smallest absolute Gasteiger partial charge is 0.201 e. The summed E-state index contributed by atoms with van der Waals surface area (Å²) in [5.74, 6) is 1.68. The largest absolute Gasteiger partial charge is 0.507 e. The van der Waals surface area contributed by atoms with E-state index < -0.39 is 11.3 Å². The molecule has 4 aromatic carbocycles. The molecule has 4 atom stereocenters. The molecule has 8 rings (SSSR count). The fourth-order valence-corrected chi connectivity index (χ4v) is 9.69. The first-order valence-corrected chi connectivity index (χ1v) is 17.2. The number of hydrogen-bond donors (Lipinski definition) is 5. The number of rotatable bonds is 3. The van der Waals surface area contributed by atoms with Crippen LogP contribution in [-0.2, 0) is 4.79 Å². The number of ketones is 1. The first-order chi connectivity index (χ1) is 22.4. The lowest BCUT2D eigenvalue weighted by atomic mass is 9.75. The number of aliphatic hydroxyl groups is 1. The first-order valence-electron chi connectivity index (χ1n) is 17.2. The van der Waals surface area contributed by atoms with Crippen LogP contribution in [0.3, 0.4) is 0 Å². The normalized spacial score (nSPS) is 31.5. The molecule has 4 aliphatic rings. The van der Waals surface area contributed by atoms with Gasteiger partial charge in [-0.15, -0.1) is 0 Å². The van der Waals surface area contributed by atoms with Crippen LogP contribution in [0.25, 0.3) is 32.7 Å². The molecule has 2 fully saturated rings. The summed E-state index contributed by atoms with van der Waals surface area (Å²) >= 11 is 0. The van der Waals surface area contributed by atoms with Crippen LogP contribution >= 0.6 is 0 Å². The summed E-state index contributed by atoms with van der Waals surface area (Å²) in [6.07, 6.45) is 5.60. The van der Waals surface area contributed by atoms with Gasteiger partial charge < -0.3 is 26.6 Å². The van der Waals surface area contributed by atoms with Gasteiger partial charge in [0.25, 0.3) is 0 Å². The quantitative estimate of drug-likeness (QED) is 0.154. The highest BCUT2D eigenvalue weighted by Crippen LogP contribution is 2.47. The molecule has 0 saturated heterocycles. The van der Waals surface area contributed by atoms with Gasteiger partial charge in [0.15, 0.2) is 0 Å². The summed E-state index contributed by atoms with van der Waals surface area (Å²) in [5.41, 5.74) is 8.53. The fraction of sp³-hybridized carbons (Fsp3) is 0.400. The number of anilines is 2. The maximum Gasteiger partial charge on any atom is 0.201 e. The molecule has 1 heterocycles. The second kappa shape index (κ2) is 10.6. The van der Waals surface area contributed by atoms with Gasteiger partial charge in [0.2, 0.25) is 5.78 Å². The van der Waals surface area contributed by atoms with E-state index in [2.05, 4.69) is 56.5 Å². The van der Waals surface area contributed by atoms with Crippen LogP contribution in [0, 0.1) is 23.7 Å². The lowest BCUT2D eigenvalue weighted by molar-refractivity contribution is -0.109. The van der Waals surface area contributed by atoms with E-state index >= 15 is 0 Å². The lowest BCUT2D eigenvalue weighted by Gasteiger charge is -2.43. The third-order valence-electron chi connectivity index (χ3n) is 11.0. The summed E-state index contributed by atoms with van der Waals surface area (Å²) in [6.45, 7) is 9.00. The third kappa shape index (κ3) is 4.81. The van der Waals surface area contributed by atoms with Gasteiger partial charge in [0.1, 0.15) is 17.2 Å². The predicted molar refractivity (Wildman–Crippen MR) is 190 cm³/mol. The molecule has 2 saturated carbocycles. The lowest BCUT2D eigenvalue weighted by Crippen LogP contribution is -2.52. The number of nitrogens with one attached hydrogen (secondary N) is 2. The molecular formula is C40H44N4O3. The minimum Gasteiger partial charge on any atom is -0.507 e. The molecule has 3 aliphatic carbocycles. The molecule has 47 heavy (non-hydrogen) atoms. The van der Waals surface area contributed by atoms with Crippen molar-refractivity contribution in [1.82, 2.24) is 0 Å². The van der Waals surface area contributed by atoms with Crippen molar-refractivity contribution in [3.63, 3.8) is 0 Å². The number of carbonyl (C=O) groups is 1. The van der Waals surface area contributed by atoms with Crippen molar-refractivity contribution in [2.24, 2.45) is 34.4 Å². The Morgan fingerprint density at radius 1 is 0.787 bits per heavy atom. The van der Waals surface area contributed by atoms with Gasteiger partial charge in [-0.3, -0.25) is 9.79 Å². The third-order valence-corrected chi connectivity index (χ3v) is 11.0. The van der Waals surface area contributed by atoms with E-state index in [1.807, 2.05) is 30.3 Å². The van der Waals surface area contributed by atoms with E-state index in [4.69, 9.17) is 10.7 Å². The monoisotopic (exact) mass is 628 g/mol. The highest BCUT2D eigenvalue weighted by atomic mass is 16.3. The summed E-state index contributed by atoms with van der Waals surface area (Å²) < 4.78 is 0. The number of benzene rings is 4. The van der Waals surface area contributed by atoms with Gasteiger partial charge in [-0.05, 0) is 85.1 Å². The average Bonchev–Trinajstić information content (AvgIpc) is 2.98.